The highest BCUT2D eigenvalue weighted by molar-refractivity contribution is 5.88. The second kappa shape index (κ2) is 5.32. The Balaban J connectivity index is 4.97. The first-order valence-electron chi connectivity index (χ1n) is 4.35. The van der Waals surface area contributed by atoms with Crippen LogP contribution in [-0.4, -0.2) is 30.1 Å². The molecule has 0 heterocycles. The van der Waals surface area contributed by atoms with Crippen molar-refractivity contribution in [3.05, 3.63) is 23.7 Å². The number of methoxy groups -OCH3 is 1. The zero-order chi connectivity index (χ0) is 11.3. The van der Waals surface area contributed by atoms with Gasteiger partial charge in [-0.2, -0.15) is 0 Å². The van der Waals surface area contributed by atoms with Crippen molar-refractivity contribution in [2.75, 3.05) is 14.2 Å². The third-order valence-electron chi connectivity index (χ3n) is 1.94. The van der Waals surface area contributed by atoms with Gasteiger partial charge in [-0.25, -0.2) is 4.79 Å². The van der Waals surface area contributed by atoms with Gasteiger partial charge in [0.2, 0.25) is 0 Å². The summed E-state index contributed by atoms with van der Waals surface area (Å²) >= 11 is 0. The van der Waals surface area contributed by atoms with Crippen LogP contribution in [0.5, 0.6) is 0 Å². The summed E-state index contributed by atoms with van der Waals surface area (Å²) < 4.78 is 4.55. The molecule has 0 atom stereocenters. The minimum absolute atomic E-state index is 0.0750. The van der Waals surface area contributed by atoms with Gasteiger partial charge in [-0.3, -0.25) is 0 Å². The van der Waals surface area contributed by atoms with Crippen molar-refractivity contribution in [3.8, 4) is 0 Å². The van der Waals surface area contributed by atoms with E-state index in [0.717, 1.165) is 5.70 Å². The van der Waals surface area contributed by atoms with E-state index in [-0.39, 0.29) is 11.5 Å². The smallest absolute Gasteiger partial charge is 0.358 e. The number of allylic oxidation sites excluding steroid dienone is 2. The fourth-order valence-corrected chi connectivity index (χ4v) is 1.02. The van der Waals surface area contributed by atoms with Crippen LogP contribution in [0.4, 0.5) is 0 Å². The molecule has 4 heteroatoms. The molecule has 0 aromatic rings. The molecule has 0 rings (SSSR count). The molecule has 0 aromatic heterocycles. The summed E-state index contributed by atoms with van der Waals surface area (Å²) in [6.07, 6.45) is 0.699. The number of carbonyl (C=O) groups excluding carboxylic acids is 1. The number of esters is 1. The highest BCUT2D eigenvalue weighted by atomic mass is 16.5. The molecule has 0 aliphatic heterocycles. The summed E-state index contributed by atoms with van der Waals surface area (Å²) in [5.74, 6) is -0.643. The third-order valence-corrected chi connectivity index (χ3v) is 1.94. The van der Waals surface area contributed by atoms with Crippen LogP contribution in [0.2, 0.25) is 0 Å². The molecule has 1 N–H and O–H groups in total. The lowest BCUT2D eigenvalue weighted by Crippen LogP contribution is -2.25. The van der Waals surface area contributed by atoms with Crippen molar-refractivity contribution < 1.29 is 14.6 Å². The van der Waals surface area contributed by atoms with Crippen molar-refractivity contribution >= 4 is 5.97 Å². The van der Waals surface area contributed by atoms with Gasteiger partial charge < -0.3 is 14.7 Å². The van der Waals surface area contributed by atoms with Crippen LogP contribution in [0.25, 0.3) is 0 Å². The number of nitrogens with zero attached hydrogens (tertiary/aromatic N) is 1. The number of carbonyl (C=O) groups is 1. The number of hydrogen-bond acceptors (Lipinski definition) is 4. The highest BCUT2D eigenvalue weighted by Gasteiger charge is 2.19. The van der Waals surface area contributed by atoms with E-state index in [9.17, 15) is 9.90 Å². The lowest BCUT2D eigenvalue weighted by molar-refractivity contribution is -0.137. The lowest BCUT2D eigenvalue weighted by atomic mass is 10.2. The normalized spacial score (nSPS) is 11.7. The zero-order valence-electron chi connectivity index (χ0n) is 9.13. The van der Waals surface area contributed by atoms with E-state index in [2.05, 4.69) is 11.3 Å². The maximum absolute atomic E-state index is 11.3. The topological polar surface area (TPSA) is 49.8 Å². The molecule has 0 amide bonds. The quantitative estimate of drug-likeness (QED) is 0.426. The fraction of sp³-hybridized carbons (Fsp3) is 0.500. The molecule has 0 unspecified atom stereocenters. The SMILES string of the molecule is C=C(CC)N(C)/C(C(=O)OC)=C(\C)O. The Morgan fingerprint density at radius 3 is 2.36 bits per heavy atom. The standard InChI is InChI=1S/C10H17NO3/c1-6-7(2)11(4)9(8(3)12)10(13)14-5/h12H,2,6H2,1,3-5H3/b9-8+. The first-order chi connectivity index (χ1) is 6.45. The Labute approximate surface area is 84.5 Å². The van der Waals surface area contributed by atoms with E-state index in [1.165, 1.54) is 18.9 Å². The summed E-state index contributed by atoms with van der Waals surface area (Å²) in [5.41, 5.74) is 0.859. The third kappa shape index (κ3) is 2.80. The molecule has 0 radical (unpaired) electrons. The van der Waals surface area contributed by atoms with E-state index < -0.39 is 5.97 Å². The molecule has 4 nitrogen and oxygen atoms in total. The summed E-state index contributed by atoms with van der Waals surface area (Å²) in [7, 11) is 2.94. The van der Waals surface area contributed by atoms with Gasteiger partial charge in [0.05, 0.1) is 7.11 Å². The van der Waals surface area contributed by atoms with Crippen molar-refractivity contribution in [2.45, 2.75) is 20.3 Å². The van der Waals surface area contributed by atoms with Crippen LogP contribution in [0, 0.1) is 0 Å². The molecule has 0 saturated carbocycles. The Morgan fingerprint density at radius 2 is 2.07 bits per heavy atom. The van der Waals surface area contributed by atoms with Crippen LogP contribution in [0.3, 0.4) is 0 Å². The summed E-state index contributed by atoms with van der Waals surface area (Å²) in [6, 6.07) is 0. The Bertz CT molecular complexity index is 265. The number of aliphatic hydroxyl groups excluding tert-OH is 1. The number of ether oxygens (including phenoxy) is 1. The first kappa shape index (κ1) is 12.6. The Morgan fingerprint density at radius 1 is 1.57 bits per heavy atom. The van der Waals surface area contributed by atoms with Crippen molar-refractivity contribution in [1.82, 2.24) is 4.90 Å². The highest BCUT2D eigenvalue weighted by Crippen LogP contribution is 2.15. The van der Waals surface area contributed by atoms with E-state index >= 15 is 0 Å². The molecule has 0 aromatic carbocycles. The summed E-state index contributed by atoms with van der Waals surface area (Å²) in [6.45, 7) is 7.12. The molecule has 0 aliphatic carbocycles. The Kier molecular flexibility index (Phi) is 4.77. The van der Waals surface area contributed by atoms with Gasteiger partial charge in [-0.05, 0) is 13.3 Å². The molecule has 0 fully saturated rings. The van der Waals surface area contributed by atoms with Gasteiger partial charge in [0.15, 0.2) is 5.70 Å². The van der Waals surface area contributed by atoms with Gasteiger partial charge in [0.25, 0.3) is 0 Å². The molecular formula is C10H17NO3. The molecule has 0 spiro atoms. The predicted octanol–water partition coefficient (Wildman–Crippen LogP) is 1.80. The van der Waals surface area contributed by atoms with E-state index in [1.807, 2.05) is 6.92 Å². The van der Waals surface area contributed by atoms with Crippen LogP contribution < -0.4 is 0 Å². The van der Waals surface area contributed by atoms with Crippen LogP contribution in [-0.2, 0) is 9.53 Å². The minimum Gasteiger partial charge on any atom is -0.510 e. The van der Waals surface area contributed by atoms with Gasteiger partial charge in [0, 0.05) is 12.7 Å². The number of hydrogen-bond donors (Lipinski definition) is 1. The van der Waals surface area contributed by atoms with E-state index in [0.29, 0.717) is 6.42 Å². The van der Waals surface area contributed by atoms with Gasteiger partial charge >= 0.3 is 5.97 Å². The van der Waals surface area contributed by atoms with Gasteiger partial charge in [-0.1, -0.05) is 13.5 Å². The first-order valence-corrected chi connectivity index (χ1v) is 4.35. The van der Waals surface area contributed by atoms with E-state index in [1.54, 1.807) is 7.05 Å². The van der Waals surface area contributed by atoms with Crippen molar-refractivity contribution in [2.24, 2.45) is 0 Å². The maximum atomic E-state index is 11.3. The zero-order valence-corrected chi connectivity index (χ0v) is 9.13. The molecule has 0 aliphatic rings. The van der Waals surface area contributed by atoms with Gasteiger partial charge in [0.1, 0.15) is 5.76 Å². The maximum Gasteiger partial charge on any atom is 0.358 e. The number of aliphatic hydroxyl groups is 1. The largest absolute Gasteiger partial charge is 0.510 e. The predicted molar refractivity (Wildman–Crippen MR) is 54.5 cm³/mol. The minimum atomic E-state index is -0.567. The molecule has 0 saturated heterocycles. The van der Waals surface area contributed by atoms with Crippen LogP contribution >= 0.6 is 0 Å². The molecule has 0 bridgehead atoms. The number of rotatable bonds is 4. The van der Waals surface area contributed by atoms with Gasteiger partial charge in [-0.15, -0.1) is 0 Å². The van der Waals surface area contributed by atoms with E-state index in [4.69, 9.17) is 0 Å². The average Bonchev–Trinajstić information content (AvgIpc) is 2.15. The number of likely N-dealkylation sites (N-methyl/N-ethyl adjacent to an activating group) is 1. The lowest BCUT2D eigenvalue weighted by Gasteiger charge is -2.22. The second-order valence-corrected chi connectivity index (χ2v) is 2.90. The summed E-state index contributed by atoms with van der Waals surface area (Å²) in [4.78, 5) is 12.8. The second-order valence-electron chi connectivity index (χ2n) is 2.90. The van der Waals surface area contributed by atoms with Crippen molar-refractivity contribution in [3.63, 3.8) is 0 Å². The Hall–Kier alpha value is -1.45. The molecular weight excluding hydrogens is 182 g/mol. The van der Waals surface area contributed by atoms with Crippen LogP contribution in [0.15, 0.2) is 23.7 Å². The average molecular weight is 199 g/mol. The molecule has 14 heavy (non-hydrogen) atoms. The summed E-state index contributed by atoms with van der Waals surface area (Å²) in [5, 5.41) is 9.32. The van der Waals surface area contributed by atoms with Crippen LogP contribution in [0.1, 0.15) is 20.3 Å². The van der Waals surface area contributed by atoms with Crippen molar-refractivity contribution in [1.29, 1.82) is 0 Å². The fourth-order valence-electron chi connectivity index (χ4n) is 1.02. The monoisotopic (exact) mass is 199 g/mol. The molecule has 80 valence electrons.